The summed E-state index contributed by atoms with van der Waals surface area (Å²) in [5.41, 5.74) is 0. The molecule has 0 aliphatic heterocycles. The van der Waals surface area contributed by atoms with E-state index < -0.39 is 0 Å². The molecule has 0 atom stereocenters. The van der Waals surface area contributed by atoms with Gasteiger partial charge in [0.2, 0.25) is 0 Å². The van der Waals surface area contributed by atoms with Crippen LogP contribution >= 0.6 is 0 Å². The molecule has 1 aliphatic carbocycles. The van der Waals surface area contributed by atoms with Crippen LogP contribution in [0.15, 0.2) is 0 Å². The molecule has 13 heavy (non-hydrogen) atoms. The second kappa shape index (κ2) is 58.1. The standard InChI is InChI=1S/C4H10.C3H6.3C2H6/c1-3-4-2;1-2-3-1;3*1-2/h3-4H2,1-2H3;1-3H2;3*1-2H3. The van der Waals surface area contributed by atoms with E-state index in [1.807, 2.05) is 41.5 Å². The van der Waals surface area contributed by atoms with Gasteiger partial charge in [0, 0.05) is 0 Å². The summed E-state index contributed by atoms with van der Waals surface area (Å²) in [6, 6.07) is 0. The van der Waals surface area contributed by atoms with Gasteiger partial charge in [-0.05, 0) is 0 Å². The van der Waals surface area contributed by atoms with Gasteiger partial charge < -0.3 is 0 Å². The minimum absolute atomic E-state index is 1.32. The molecule has 86 valence electrons. The molecule has 0 heteroatoms. The van der Waals surface area contributed by atoms with E-state index in [0.717, 1.165) is 0 Å². The zero-order valence-corrected chi connectivity index (χ0v) is 11.5. The molecule has 0 N–H and O–H groups in total. The molecule has 0 aromatic heterocycles. The van der Waals surface area contributed by atoms with E-state index in [0.29, 0.717) is 0 Å². The van der Waals surface area contributed by atoms with Crippen molar-refractivity contribution in [2.45, 2.75) is 87.5 Å². The molecular weight excluding hydrogens is 156 g/mol. The molecule has 0 unspecified atom stereocenters. The van der Waals surface area contributed by atoms with Gasteiger partial charge in [-0.15, -0.1) is 0 Å². The van der Waals surface area contributed by atoms with E-state index in [1.54, 1.807) is 0 Å². The third kappa shape index (κ3) is 300. The Bertz CT molecular complexity index is 16.5. The van der Waals surface area contributed by atoms with Crippen LogP contribution < -0.4 is 0 Å². The van der Waals surface area contributed by atoms with Crippen molar-refractivity contribution in [3.05, 3.63) is 0 Å². The molecule has 0 bridgehead atoms. The Hall–Kier alpha value is 0. The van der Waals surface area contributed by atoms with Gasteiger partial charge in [-0.3, -0.25) is 0 Å². The Morgan fingerprint density at radius 3 is 0.692 bits per heavy atom. The van der Waals surface area contributed by atoms with Crippen LogP contribution in [-0.2, 0) is 0 Å². The van der Waals surface area contributed by atoms with Crippen LogP contribution in [0.4, 0.5) is 0 Å². The van der Waals surface area contributed by atoms with E-state index in [1.165, 1.54) is 32.1 Å². The van der Waals surface area contributed by atoms with Crippen LogP contribution in [0.25, 0.3) is 0 Å². The first-order valence-corrected chi connectivity index (χ1v) is 6.41. The molecule has 0 saturated heterocycles. The maximum absolute atomic E-state index is 2.18. The Morgan fingerprint density at radius 2 is 0.692 bits per heavy atom. The maximum Gasteiger partial charge on any atom is -0.0533 e. The largest absolute Gasteiger partial charge is 0.0683 e. The molecule has 0 nitrogen and oxygen atoms in total. The lowest BCUT2D eigenvalue weighted by atomic mass is 10.4. The Labute approximate surface area is 88.1 Å². The van der Waals surface area contributed by atoms with Gasteiger partial charge in [-0.1, -0.05) is 87.5 Å². The fourth-order valence-electron chi connectivity index (χ4n) is 0. The summed E-state index contributed by atoms with van der Waals surface area (Å²) in [6.07, 6.45) is 7.14. The SMILES string of the molecule is C1CC1.CC.CC.CC.CCCC. The summed E-state index contributed by atoms with van der Waals surface area (Å²) < 4.78 is 0. The zero-order valence-electron chi connectivity index (χ0n) is 11.5. The third-order valence-corrected chi connectivity index (χ3v) is 0.854. The first-order valence-electron chi connectivity index (χ1n) is 6.41. The third-order valence-electron chi connectivity index (χ3n) is 0.854. The van der Waals surface area contributed by atoms with Crippen molar-refractivity contribution in [2.24, 2.45) is 0 Å². The number of rotatable bonds is 1. The van der Waals surface area contributed by atoms with Crippen LogP contribution in [0, 0.1) is 0 Å². The average molecular weight is 190 g/mol. The van der Waals surface area contributed by atoms with Gasteiger partial charge in [0.05, 0.1) is 0 Å². The van der Waals surface area contributed by atoms with Crippen LogP contribution in [0.3, 0.4) is 0 Å². The van der Waals surface area contributed by atoms with Crippen LogP contribution in [-0.4, -0.2) is 0 Å². The fourth-order valence-corrected chi connectivity index (χ4v) is 0. The van der Waals surface area contributed by atoms with Gasteiger partial charge in [0.1, 0.15) is 0 Å². The second-order valence-electron chi connectivity index (χ2n) is 2.06. The van der Waals surface area contributed by atoms with Crippen molar-refractivity contribution in [3.8, 4) is 0 Å². The highest BCUT2D eigenvalue weighted by atomic mass is 14.0. The molecule has 0 aromatic carbocycles. The monoisotopic (exact) mass is 190 g/mol. The van der Waals surface area contributed by atoms with Gasteiger partial charge in [0.25, 0.3) is 0 Å². The number of unbranched alkanes of at least 4 members (excludes halogenated alkanes) is 1. The van der Waals surface area contributed by atoms with Gasteiger partial charge in [-0.2, -0.15) is 0 Å². The van der Waals surface area contributed by atoms with Crippen molar-refractivity contribution < 1.29 is 0 Å². The summed E-state index contributed by atoms with van der Waals surface area (Å²) in [7, 11) is 0. The van der Waals surface area contributed by atoms with Crippen LogP contribution in [0.5, 0.6) is 0 Å². The summed E-state index contributed by atoms with van der Waals surface area (Å²) in [6.45, 7) is 16.4. The molecular formula is C13H34. The Balaban J connectivity index is -0.0000000408. The first-order chi connectivity index (χ1) is 6.41. The van der Waals surface area contributed by atoms with Gasteiger partial charge >= 0.3 is 0 Å². The minimum atomic E-state index is 1.32. The fraction of sp³-hybridized carbons (Fsp3) is 1.00. The highest BCUT2D eigenvalue weighted by molar-refractivity contribution is 4.50. The van der Waals surface area contributed by atoms with Crippen molar-refractivity contribution in [2.75, 3.05) is 0 Å². The zero-order chi connectivity index (χ0) is 11.5. The minimum Gasteiger partial charge on any atom is -0.0683 e. The maximum atomic E-state index is 2.18. The lowest BCUT2D eigenvalue weighted by Gasteiger charge is -1.68. The normalized spacial score (nSPS) is 9.23. The van der Waals surface area contributed by atoms with E-state index in [2.05, 4.69) is 13.8 Å². The molecule has 0 spiro atoms. The topological polar surface area (TPSA) is 0 Å². The summed E-state index contributed by atoms with van der Waals surface area (Å²) in [4.78, 5) is 0. The van der Waals surface area contributed by atoms with Crippen molar-refractivity contribution in [1.82, 2.24) is 0 Å². The molecule has 1 aliphatic rings. The molecule has 1 fully saturated rings. The molecule has 0 aromatic rings. The molecule has 1 rings (SSSR count). The lowest BCUT2D eigenvalue weighted by Crippen LogP contribution is -1.47. The molecule has 0 heterocycles. The molecule has 0 radical (unpaired) electrons. The quantitative estimate of drug-likeness (QED) is 0.472. The highest BCUT2D eigenvalue weighted by Crippen LogP contribution is 2.14. The summed E-state index contributed by atoms with van der Waals surface area (Å²) in [5, 5.41) is 0. The molecule has 1 saturated carbocycles. The Kier molecular flexibility index (Phi) is 103. The van der Waals surface area contributed by atoms with E-state index in [4.69, 9.17) is 0 Å². The van der Waals surface area contributed by atoms with Crippen molar-refractivity contribution >= 4 is 0 Å². The van der Waals surface area contributed by atoms with E-state index in [9.17, 15) is 0 Å². The smallest absolute Gasteiger partial charge is 0.0533 e. The average Bonchev–Trinajstić information content (AvgIpc) is 3.13. The highest BCUT2D eigenvalue weighted by Gasteiger charge is 1.95. The lowest BCUT2D eigenvalue weighted by molar-refractivity contribution is 0.886. The number of hydrogen-bond acceptors (Lipinski definition) is 0. The van der Waals surface area contributed by atoms with Crippen LogP contribution in [0.1, 0.15) is 87.5 Å². The van der Waals surface area contributed by atoms with Gasteiger partial charge in [0.15, 0.2) is 0 Å². The van der Waals surface area contributed by atoms with Crippen LogP contribution in [0.2, 0.25) is 0 Å². The number of hydrogen-bond donors (Lipinski definition) is 0. The first kappa shape index (κ1) is 23.1. The van der Waals surface area contributed by atoms with Gasteiger partial charge in [-0.25, -0.2) is 0 Å². The second-order valence-corrected chi connectivity index (χ2v) is 2.06. The predicted octanol–water partition coefficient (Wildman–Crippen LogP) is 6.06. The van der Waals surface area contributed by atoms with E-state index >= 15 is 0 Å². The summed E-state index contributed by atoms with van der Waals surface area (Å²) in [5.74, 6) is 0. The summed E-state index contributed by atoms with van der Waals surface area (Å²) >= 11 is 0. The van der Waals surface area contributed by atoms with Crippen molar-refractivity contribution in [1.29, 1.82) is 0 Å². The molecule has 0 amide bonds. The Morgan fingerprint density at radius 1 is 0.538 bits per heavy atom. The van der Waals surface area contributed by atoms with Crippen molar-refractivity contribution in [3.63, 3.8) is 0 Å². The van der Waals surface area contributed by atoms with E-state index in [-0.39, 0.29) is 0 Å². The predicted molar refractivity (Wildman–Crippen MR) is 68.5 cm³/mol.